The van der Waals surface area contributed by atoms with Gasteiger partial charge in [0, 0.05) is 25.5 Å². The van der Waals surface area contributed by atoms with Crippen LogP contribution in [0.1, 0.15) is 11.7 Å². The Hall–Kier alpha value is -0.350. The van der Waals surface area contributed by atoms with Crippen molar-refractivity contribution >= 4 is 24.8 Å². The number of pyridine rings is 1. The lowest BCUT2D eigenvalue weighted by Crippen LogP contribution is -2.33. The molecule has 5 heteroatoms. The summed E-state index contributed by atoms with van der Waals surface area (Å²) in [5.74, 6) is 0. The smallest absolute Gasteiger partial charge is 0.0950 e. The van der Waals surface area contributed by atoms with Crippen molar-refractivity contribution in [3.63, 3.8) is 0 Å². The molecule has 1 atom stereocenters. The van der Waals surface area contributed by atoms with Crippen molar-refractivity contribution in [1.29, 1.82) is 0 Å². The summed E-state index contributed by atoms with van der Waals surface area (Å²) in [7, 11) is 0. The molecule has 1 unspecified atom stereocenters. The Bertz CT molecular complexity index is 240. The molecule has 0 bridgehead atoms. The van der Waals surface area contributed by atoms with Gasteiger partial charge in [-0.2, -0.15) is 0 Å². The molecule has 0 amide bonds. The Balaban J connectivity index is 0.000000845. The van der Waals surface area contributed by atoms with Crippen molar-refractivity contribution < 1.29 is 4.74 Å². The summed E-state index contributed by atoms with van der Waals surface area (Å²) >= 11 is 0. The minimum Gasteiger partial charge on any atom is -0.371 e. The number of halogens is 2. The van der Waals surface area contributed by atoms with Crippen LogP contribution in [-0.2, 0) is 4.74 Å². The monoisotopic (exact) mass is 236 g/mol. The number of nitrogens with zero attached hydrogens (tertiary/aromatic N) is 1. The molecule has 0 aromatic carbocycles. The fraction of sp³-hybridized carbons (Fsp3) is 0.444. The number of nitrogens with one attached hydrogen (secondary N) is 1. The number of morpholine rings is 1. The van der Waals surface area contributed by atoms with Gasteiger partial charge in [0.25, 0.3) is 0 Å². The van der Waals surface area contributed by atoms with Gasteiger partial charge in [-0.05, 0) is 17.7 Å². The molecule has 1 aromatic rings. The standard InChI is InChI=1S/C9H12N2O.2ClH/c1-3-10-4-2-8(1)9-7-11-5-6-12-9;;/h1-4,9,11H,5-7H2;2*1H. The van der Waals surface area contributed by atoms with Crippen LogP contribution in [0.2, 0.25) is 0 Å². The van der Waals surface area contributed by atoms with Gasteiger partial charge in [-0.15, -0.1) is 24.8 Å². The number of ether oxygens (including phenoxy) is 1. The maximum atomic E-state index is 5.57. The molecule has 2 heterocycles. The predicted molar refractivity (Wildman–Crippen MR) is 60.3 cm³/mol. The van der Waals surface area contributed by atoms with E-state index in [9.17, 15) is 0 Å². The molecule has 0 spiro atoms. The highest BCUT2D eigenvalue weighted by Gasteiger charge is 2.14. The quantitative estimate of drug-likeness (QED) is 0.805. The molecule has 1 saturated heterocycles. The van der Waals surface area contributed by atoms with Gasteiger partial charge in [0.2, 0.25) is 0 Å². The van der Waals surface area contributed by atoms with Gasteiger partial charge in [-0.25, -0.2) is 0 Å². The van der Waals surface area contributed by atoms with Crippen molar-refractivity contribution in [3.8, 4) is 0 Å². The Kier molecular flexibility index (Phi) is 6.83. The van der Waals surface area contributed by atoms with Gasteiger partial charge in [0.1, 0.15) is 0 Å². The molecule has 1 fully saturated rings. The molecule has 0 aliphatic carbocycles. The fourth-order valence-corrected chi connectivity index (χ4v) is 1.36. The maximum absolute atomic E-state index is 5.57. The minimum absolute atomic E-state index is 0. The molecule has 80 valence electrons. The molecule has 0 radical (unpaired) electrons. The van der Waals surface area contributed by atoms with Crippen LogP contribution < -0.4 is 5.32 Å². The third-order valence-electron chi connectivity index (χ3n) is 2.01. The van der Waals surface area contributed by atoms with Gasteiger partial charge in [-0.1, -0.05) is 0 Å². The lowest BCUT2D eigenvalue weighted by Gasteiger charge is -2.23. The molecule has 14 heavy (non-hydrogen) atoms. The summed E-state index contributed by atoms with van der Waals surface area (Å²) in [6.45, 7) is 2.67. The highest BCUT2D eigenvalue weighted by molar-refractivity contribution is 5.85. The summed E-state index contributed by atoms with van der Waals surface area (Å²) < 4.78 is 5.57. The normalized spacial score (nSPS) is 20.4. The summed E-state index contributed by atoms with van der Waals surface area (Å²) in [6, 6.07) is 4.00. The number of hydrogen-bond donors (Lipinski definition) is 1. The second-order valence-electron chi connectivity index (χ2n) is 2.84. The molecular weight excluding hydrogens is 223 g/mol. The Morgan fingerprint density at radius 1 is 1.29 bits per heavy atom. The Morgan fingerprint density at radius 3 is 2.57 bits per heavy atom. The fourth-order valence-electron chi connectivity index (χ4n) is 1.36. The van der Waals surface area contributed by atoms with Gasteiger partial charge in [0.15, 0.2) is 0 Å². The molecule has 3 nitrogen and oxygen atoms in total. The van der Waals surface area contributed by atoms with Crippen LogP contribution in [0.4, 0.5) is 0 Å². The van der Waals surface area contributed by atoms with Gasteiger partial charge in [0.05, 0.1) is 12.7 Å². The number of hydrogen-bond acceptors (Lipinski definition) is 3. The van der Waals surface area contributed by atoms with Crippen molar-refractivity contribution in [2.45, 2.75) is 6.10 Å². The van der Waals surface area contributed by atoms with E-state index in [1.54, 1.807) is 12.4 Å². The van der Waals surface area contributed by atoms with Crippen molar-refractivity contribution in [1.82, 2.24) is 10.3 Å². The van der Waals surface area contributed by atoms with E-state index < -0.39 is 0 Å². The highest BCUT2D eigenvalue weighted by Crippen LogP contribution is 2.16. The summed E-state index contributed by atoms with van der Waals surface area (Å²) in [5.41, 5.74) is 1.21. The lowest BCUT2D eigenvalue weighted by atomic mass is 10.1. The highest BCUT2D eigenvalue weighted by atomic mass is 35.5. The third kappa shape index (κ3) is 3.42. The van der Waals surface area contributed by atoms with Crippen LogP contribution in [0.15, 0.2) is 24.5 Å². The van der Waals surface area contributed by atoms with Crippen molar-refractivity contribution in [3.05, 3.63) is 30.1 Å². The first-order valence-electron chi connectivity index (χ1n) is 4.19. The van der Waals surface area contributed by atoms with Crippen LogP contribution in [-0.4, -0.2) is 24.7 Å². The molecule has 2 rings (SSSR count). The second-order valence-corrected chi connectivity index (χ2v) is 2.84. The van der Waals surface area contributed by atoms with E-state index in [0.717, 1.165) is 19.7 Å². The maximum Gasteiger partial charge on any atom is 0.0950 e. The molecule has 1 aliphatic heterocycles. The first kappa shape index (κ1) is 13.7. The number of rotatable bonds is 1. The van der Waals surface area contributed by atoms with Crippen LogP contribution >= 0.6 is 24.8 Å². The molecule has 1 aliphatic rings. The topological polar surface area (TPSA) is 34.1 Å². The van der Waals surface area contributed by atoms with Crippen molar-refractivity contribution in [2.24, 2.45) is 0 Å². The average Bonchev–Trinajstić information content (AvgIpc) is 2.21. The van der Waals surface area contributed by atoms with E-state index in [1.165, 1.54) is 5.56 Å². The first-order chi connectivity index (χ1) is 5.97. The zero-order chi connectivity index (χ0) is 8.23. The average molecular weight is 237 g/mol. The van der Waals surface area contributed by atoms with E-state index in [0.29, 0.717) is 0 Å². The molecular formula is C9H14Cl2N2O. The summed E-state index contributed by atoms with van der Waals surface area (Å²) in [6.07, 6.45) is 3.81. The summed E-state index contributed by atoms with van der Waals surface area (Å²) in [4.78, 5) is 3.96. The molecule has 1 N–H and O–H groups in total. The lowest BCUT2D eigenvalue weighted by molar-refractivity contribution is 0.0276. The van der Waals surface area contributed by atoms with Gasteiger partial charge >= 0.3 is 0 Å². The van der Waals surface area contributed by atoms with Gasteiger partial charge < -0.3 is 10.1 Å². The van der Waals surface area contributed by atoms with Gasteiger partial charge in [-0.3, -0.25) is 4.98 Å². The second kappa shape index (κ2) is 7.01. The van der Waals surface area contributed by atoms with E-state index in [1.807, 2.05) is 12.1 Å². The number of aromatic nitrogens is 1. The minimum atomic E-state index is 0. The Labute approximate surface area is 96.1 Å². The largest absolute Gasteiger partial charge is 0.371 e. The van der Waals surface area contributed by atoms with E-state index >= 15 is 0 Å². The van der Waals surface area contributed by atoms with Crippen LogP contribution in [0.3, 0.4) is 0 Å². The molecule has 0 saturated carbocycles. The van der Waals surface area contributed by atoms with Crippen LogP contribution in [0.25, 0.3) is 0 Å². The summed E-state index contributed by atoms with van der Waals surface area (Å²) in [5, 5.41) is 3.29. The first-order valence-corrected chi connectivity index (χ1v) is 4.19. The van der Waals surface area contributed by atoms with Crippen LogP contribution in [0.5, 0.6) is 0 Å². The SMILES string of the molecule is Cl.Cl.c1cc(C2CNCCO2)ccn1. The predicted octanol–water partition coefficient (Wildman–Crippen LogP) is 1.59. The van der Waals surface area contributed by atoms with E-state index in [4.69, 9.17) is 4.74 Å². The third-order valence-corrected chi connectivity index (χ3v) is 2.01. The van der Waals surface area contributed by atoms with E-state index in [-0.39, 0.29) is 30.9 Å². The van der Waals surface area contributed by atoms with E-state index in [2.05, 4.69) is 10.3 Å². The molecule has 1 aromatic heterocycles. The zero-order valence-corrected chi connectivity index (χ0v) is 9.31. The van der Waals surface area contributed by atoms with Crippen LogP contribution in [0, 0.1) is 0 Å². The van der Waals surface area contributed by atoms with Crippen molar-refractivity contribution in [2.75, 3.05) is 19.7 Å². The zero-order valence-electron chi connectivity index (χ0n) is 7.68. The Morgan fingerprint density at radius 2 is 2.00 bits per heavy atom.